The largest absolute Gasteiger partial charge is 0.432 e. The summed E-state index contributed by atoms with van der Waals surface area (Å²) in [5.74, 6) is 0.798. The normalized spacial score (nSPS) is 9.80. The Balaban J connectivity index is 2.61. The van der Waals surface area contributed by atoms with Gasteiger partial charge < -0.3 is 9.64 Å². The molecule has 0 spiro atoms. The van der Waals surface area contributed by atoms with E-state index in [-0.39, 0.29) is 0 Å². The van der Waals surface area contributed by atoms with Gasteiger partial charge in [0.2, 0.25) is 0 Å². The zero-order chi connectivity index (χ0) is 11.3. The molecule has 0 aromatic heterocycles. The Hall–Kier alpha value is -0.360. The van der Waals surface area contributed by atoms with E-state index in [1.165, 1.54) is 3.57 Å². The summed E-state index contributed by atoms with van der Waals surface area (Å²) in [5, 5.41) is 0.543. The Labute approximate surface area is 110 Å². The van der Waals surface area contributed by atoms with Crippen LogP contribution >= 0.6 is 34.8 Å². The van der Waals surface area contributed by atoms with Crippen molar-refractivity contribution < 1.29 is 4.74 Å². The first-order valence-electron chi connectivity index (χ1n) is 4.89. The lowest BCUT2D eigenvalue weighted by molar-refractivity contribution is 0.378. The van der Waals surface area contributed by atoms with Gasteiger partial charge in [0.05, 0.1) is 0 Å². The van der Waals surface area contributed by atoms with Gasteiger partial charge in [-0.2, -0.15) is 0 Å². The van der Waals surface area contributed by atoms with Gasteiger partial charge in [0.15, 0.2) is 0 Å². The van der Waals surface area contributed by atoms with Gasteiger partial charge >= 0.3 is 0 Å². The van der Waals surface area contributed by atoms with E-state index >= 15 is 0 Å². The molecule has 0 atom stereocenters. The molecule has 0 heterocycles. The lowest BCUT2D eigenvalue weighted by atomic mass is 10.3. The fourth-order valence-corrected chi connectivity index (χ4v) is 1.86. The molecule has 2 nitrogen and oxygen atoms in total. The molecule has 0 radical (unpaired) electrons. The molecule has 1 aromatic rings. The van der Waals surface area contributed by atoms with Gasteiger partial charge in [-0.3, -0.25) is 0 Å². The first-order chi connectivity index (χ1) is 7.17. The lowest BCUT2D eigenvalue weighted by Crippen LogP contribution is -2.32. The SMILES string of the molecule is CCN(CC)C(=S)Oc1ccc(I)cc1. The van der Waals surface area contributed by atoms with Crippen LogP contribution in [0.4, 0.5) is 0 Å². The van der Waals surface area contributed by atoms with Crippen molar-refractivity contribution in [1.82, 2.24) is 4.90 Å². The zero-order valence-electron chi connectivity index (χ0n) is 8.87. The first kappa shape index (κ1) is 12.7. The molecule has 0 saturated heterocycles. The van der Waals surface area contributed by atoms with Crippen LogP contribution in [0, 0.1) is 3.57 Å². The average molecular weight is 335 g/mol. The van der Waals surface area contributed by atoms with Gasteiger partial charge in [-0.05, 0) is 72.9 Å². The van der Waals surface area contributed by atoms with Crippen molar-refractivity contribution in [3.8, 4) is 5.75 Å². The molecule has 4 heteroatoms. The molecule has 82 valence electrons. The monoisotopic (exact) mass is 335 g/mol. The molecule has 0 N–H and O–H groups in total. The highest BCUT2D eigenvalue weighted by Crippen LogP contribution is 2.14. The van der Waals surface area contributed by atoms with Crippen LogP contribution in [0.5, 0.6) is 5.75 Å². The van der Waals surface area contributed by atoms with E-state index in [9.17, 15) is 0 Å². The highest BCUT2D eigenvalue weighted by molar-refractivity contribution is 14.1. The number of rotatable bonds is 3. The highest BCUT2D eigenvalue weighted by Gasteiger charge is 2.06. The van der Waals surface area contributed by atoms with Crippen LogP contribution in [-0.4, -0.2) is 23.2 Å². The number of benzene rings is 1. The quantitative estimate of drug-likeness (QED) is 0.621. The van der Waals surface area contributed by atoms with Gasteiger partial charge in [-0.1, -0.05) is 0 Å². The molecular weight excluding hydrogens is 321 g/mol. The van der Waals surface area contributed by atoms with E-state index in [0.717, 1.165) is 18.8 Å². The van der Waals surface area contributed by atoms with Gasteiger partial charge in [-0.25, -0.2) is 0 Å². The summed E-state index contributed by atoms with van der Waals surface area (Å²) >= 11 is 7.45. The minimum absolute atomic E-state index is 0.543. The van der Waals surface area contributed by atoms with Gasteiger partial charge in [0.1, 0.15) is 5.75 Å². The van der Waals surface area contributed by atoms with Crippen LogP contribution in [0.2, 0.25) is 0 Å². The summed E-state index contributed by atoms with van der Waals surface area (Å²) in [5.41, 5.74) is 0. The minimum atomic E-state index is 0.543. The molecule has 1 aromatic carbocycles. The van der Waals surface area contributed by atoms with Crippen LogP contribution in [0.1, 0.15) is 13.8 Å². The molecular formula is C11H14INOS. The second kappa shape index (κ2) is 6.27. The number of ether oxygens (including phenoxy) is 1. The summed E-state index contributed by atoms with van der Waals surface area (Å²) in [6, 6.07) is 7.86. The van der Waals surface area contributed by atoms with E-state index in [0.29, 0.717) is 5.17 Å². The van der Waals surface area contributed by atoms with Gasteiger partial charge in [-0.15, -0.1) is 0 Å². The third-order valence-electron chi connectivity index (χ3n) is 2.04. The van der Waals surface area contributed by atoms with Crippen molar-refractivity contribution in [1.29, 1.82) is 0 Å². The van der Waals surface area contributed by atoms with Gasteiger partial charge in [0, 0.05) is 16.7 Å². The second-order valence-corrected chi connectivity index (χ2v) is 4.59. The van der Waals surface area contributed by atoms with E-state index in [4.69, 9.17) is 17.0 Å². The number of thiocarbonyl (C=S) groups is 1. The van der Waals surface area contributed by atoms with Crippen LogP contribution in [0.15, 0.2) is 24.3 Å². The molecule has 0 amide bonds. The predicted molar refractivity (Wildman–Crippen MR) is 75.3 cm³/mol. The van der Waals surface area contributed by atoms with Crippen LogP contribution < -0.4 is 4.74 Å². The molecule has 15 heavy (non-hydrogen) atoms. The summed E-state index contributed by atoms with van der Waals surface area (Å²) in [7, 11) is 0. The Kier molecular flexibility index (Phi) is 5.31. The molecule has 0 bridgehead atoms. The van der Waals surface area contributed by atoms with Crippen molar-refractivity contribution in [3.05, 3.63) is 27.8 Å². The molecule has 0 saturated carbocycles. The van der Waals surface area contributed by atoms with Crippen LogP contribution in [0.3, 0.4) is 0 Å². The zero-order valence-corrected chi connectivity index (χ0v) is 11.8. The lowest BCUT2D eigenvalue weighted by Gasteiger charge is -2.20. The summed E-state index contributed by atoms with van der Waals surface area (Å²) < 4.78 is 6.76. The topological polar surface area (TPSA) is 12.5 Å². The number of hydrogen-bond donors (Lipinski definition) is 0. The molecule has 0 aliphatic carbocycles. The summed E-state index contributed by atoms with van der Waals surface area (Å²) in [4.78, 5) is 2.01. The Morgan fingerprint density at radius 3 is 2.27 bits per heavy atom. The maximum Gasteiger partial charge on any atom is 0.264 e. The van der Waals surface area contributed by atoms with Crippen molar-refractivity contribution in [3.63, 3.8) is 0 Å². The fraction of sp³-hybridized carbons (Fsp3) is 0.364. The van der Waals surface area contributed by atoms with Crippen molar-refractivity contribution in [2.75, 3.05) is 13.1 Å². The Bertz CT molecular complexity index is 322. The van der Waals surface area contributed by atoms with Crippen LogP contribution in [-0.2, 0) is 0 Å². The Morgan fingerprint density at radius 2 is 1.80 bits per heavy atom. The van der Waals surface area contributed by atoms with Gasteiger partial charge in [0.25, 0.3) is 5.17 Å². The van der Waals surface area contributed by atoms with E-state index in [2.05, 4.69) is 36.4 Å². The molecule has 0 aliphatic rings. The summed E-state index contributed by atoms with van der Waals surface area (Å²) in [6.45, 7) is 5.87. The third-order valence-corrected chi connectivity index (χ3v) is 3.10. The number of halogens is 1. The molecule has 0 aliphatic heterocycles. The second-order valence-electron chi connectivity index (χ2n) is 2.99. The van der Waals surface area contributed by atoms with E-state index in [1.807, 2.05) is 29.2 Å². The van der Waals surface area contributed by atoms with E-state index < -0.39 is 0 Å². The van der Waals surface area contributed by atoms with Crippen molar-refractivity contribution in [2.45, 2.75) is 13.8 Å². The fourth-order valence-electron chi connectivity index (χ4n) is 1.15. The highest BCUT2D eigenvalue weighted by atomic mass is 127. The third kappa shape index (κ3) is 3.95. The Morgan fingerprint density at radius 1 is 1.27 bits per heavy atom. The van der Waals surface area contributed by atoms with Crippen LogP contribution in [0.25, 0.3) is 0 Å². The average Bonchev–Trinajstić information content (AvgIpc) is 2.23. The minimum Gasteiger partial charge on any atom is -0.432 e. The molecule has 1 rings (SSSR count). The predicted octanol–water partition coefficient (Wildman–Crippen LogP) is 3.30. The van der Waals surface area contributed by atoms with Crippen molar-refractivity contribution >= 4 is 40.0 Å². The molecule has 0 unspecified atom stereocenters. The molecule has 0 fully saturated rings. The maximum atomic E-state index is 5.57. The summed E-state index contributed by atoms with van der Waals surface area (Å²) in [6.07, 6.45) is 0. The maximum absolute atomic E-state index is 5.57. The smallest absolute Gasteiger partial charge is 0.264 e. The van der Waals surface area contributed by atoms with E-state index in [1.54, 1.807) is 0 Å². The standard InChI is InChI=1S/C11H14INOS/c1-3-13(4-2)11(15)14-10-7-5-9(12)6-8-10/h5-8H,3-4H2,1-2H3. The van der Waals surface area contributed by atoms with Crippen molar-refractivity contribution in [2.24, 2.45) is 0 Å². The first-order valence-corrected chi connectivity index (χ1v) is 6.38. The number of nitrogens with zero attached hydrogens (tertiary/aromatic N) is 1. The number of hydrogen-bond acceptors (Lipinski definition) is 2.